The predicted molar refractivity (Wildman–Crippen MR) is 88.6 cm³/mol. The largest absolute Gasteiger partial charge is 0.379 e. The van der Waals surface area contributed by atoms with Gasteiger partial charge in [-0.1, -0.05) is 52.0 Å². The Hall–Kier alpha value is -0.900. The van der Waals surface area contributed by atoms with Crippen molar-refractivity contribution in [1.82, 2.24) is 5.32 Å². The monoisotopic (exact) mass is 293 g/mol. The number of hydrogen-bond donors (Lipinski definition) is 1. The maximum Gasteiger partial charge on any atom is 0.0718 e. The normalized spacial score (nSPS) is 11.5. The Balaban J connectivity index is 2.13. The molecule has 1 N–H and O–H groups in total. The molecule has 0 aromatic heterocycles. The summed E-state index contributed by atoms with van der Waals surface area (Å²) >= 11 is 0. The fraction of sp³-hybridized carbons (Fsp3) is 0.667. The molecule has 1 aromatic rings. The van der Waals surface area contributed by atoms with Crippen LogP contribution in [0.25, 0.3) is 0 Å². The lowest BCUT2D eigenvalue weighted by atomic mass is 10.1. The van der Waals surface area contributed by atoms with Gasteiger partial charge in [0.15, 0.2) is 0 Å². The molecule has 0 saturated carbocycles. The fourth-order valence-corrected chi connectivity index (χ4v) is 1.93. The second kappa shape index (κ2) is 10.8. The molecule has 0 aliphatic rings. The van der Waals surface area contributed by atoms with Crippen molar-refractivity contribution in [2.75, 3.05) is 26.4 Å². The summed E-state index contributed by atoms with van der Waals surface area (Å²) in [7, 11) is 0. The van der Waals surface area contributed by atoms with Crippen LogP contribution in [-0.2, 0) is 22.5 Å². The fourth-order valence-electron chi connectivity index (χ4n) is 1.93. The van der Waals surface area contributed by atoms with Crippen LogP contribution >= 0.6 is 0 Å². The van der Waals surface area contributed by atoms with Crippen molar-refractivity contribution >= 4 is 0 Å². The van der Waals surface area contributed by atoms with Crippen molar-refractivity contribution < 1.29 is 9.47 Å². The minimum absolute atomic E-state index is 0.551. The molecule has 0 bridgehead atoms. The zero-order valence-electron chi connectivity index (χ0n) is 14.0. The lowest BCUT2D eigenvalue weighted by molar-refractivity contribution is 0.0314. The topological polar surface area (TPSA) is 30.5 Å². The van der Waals surface area contributed by atoms with E-state index < -0.39 is 0 Å². The van der Waals surface area contributed by atoms with E-state index in [-0.39, 0.29) is 0 Å². The van der Waals surface area contributed by atoms with Gasteiger partial charge in [-0.3, -0.25) is 0 Å². The van der Waals surface area contributed by atoms with Gasteiger partial charge in [-0.2, -0.15) is 0 Å². The summed E-state index contributed by atoms with van der Waals surface area (Å²) in [5.41, 5.74) is 2.59. The van der Waals surface area contributed by atoms with Gasteiger partial charge in [0.25, 0.3) is 0 Å². The molecule has 21 heavy (non-hydrogen) atoms. The summed E-state index contributed by atoms with van der Waals surface area (Å²) in [5.74, 6) is 0.586. The molecule has 0 aliphatic heterocycles. The molecule has 0 amide bonds. The van der Waals surface area contributed by atoms with Gasteiger partial charge in [0.05, 0.1) is 19.8 Å². The molecule has 120 valence electrons. The van der Waals surface area contributed by atoms with E-state index in [1.807, 2.05) is 0 Å². The van der Waals surface area contributed by atoms with Crippen molar-refractivity contribution in [3.63, 3.8) is 0 Å². The minimum atomic E-state index is 0.551. The van der Waals surface area contributed by atoms with E-state index in [0.29, 0.717) is 31.8 Å². The Morgan fingerprint density at radius 3 is 2.14 bits per heavy atom. The SMILES string of the molecule is CC(C)COCCOCc1ccc(CCNC(C)C)cc1. The summed E-state index contributed by atoms with van der Waals surface area (Å²) in [6.45, 7) is 12.5. The van der Waals surface area contributed by atoms with Crippen molar-refractivity contribution in [3.05, 3.63) is 35.4 Å². The predicted octanol–water partition coefficient (Wildman–Crippen LogP) is 3.42. The minimum Gasteiger partial charge on any atom is -0.379 e. The molecule has 0 unspecified atom stereocenters. The van der Waals surface area contributed by atoms with E-state index in [1.165, 1.54) is 11.1 Å². The first kappa shape index (κ1) is 18.1. The van der Waals surface area contributed by atoms with Crippen LogP contribution in [0.3, 0.4) is 0 Å². The smallest absolute Gasteiger partial charge is 0.0718 e. The molecule has 1 rings (SSSR count). The Labute approximate surface area is 130 Å². The third kappa shape index (κ3) is 9.62. The van der Waals surface area contributed by atoms with Crippen LogP contribution in [0.2, 0.25) is 0 Å². The molecule has 0 saturated heterocycles. The van der Waals surface area contributed by atoms with Crippen molar-refractivity contribution in [2.45, 2.75) is 46.8 Å². The lowest BCUT2D eigenvalue weighted by Crippen LogP contribution is -2.24. The average Bonchev–Trinajstić information content (AvgIpc) is 2.43. The first-order valence-electron chi connectivity index (χ1n) is 8.04. The van der Waals surface area contributed by atoms with Crippen LogP contribution < -0.4 is 5.32 Å². The van der Waals surface area contributed by atoms with Gasteiger partial charge in [0.1, 0.15) is 0 Å². The molecule has 0 spiro atoms. The van der Waals surface area contributed by atoms with Crippen LogP contribution in [0.15, 0.2) is 24.3 Å². The van der Waals surface area contributed by atoms with E-state index in [4.69, 9.17) is 9.47 Å². The maximum absolute atomic E-state index is 5.62. The maximum atomic E-state index is 5.62. The van der Waals surface area contributed by atoms with Gasteiger partial charge >= 0.3 is 0 Å². The van der Waals surface area contributed by atoms with Crippen molar-refractivity contribution in [1.29, 1.82) is 0 Å². The highest BCUT2D eigenvalue weighted by Gasteiger charge is 1.98. The second-order valence-corrected chi connectivity index (χ2v) is 6.20. The molecule has 0 atom stereocenters. The van der Waals surface area contributed by atoms with Gasteiger partial charge < -0.3 is 14.8 Å². The molecule has 3 nitrogen and oxygen atoms in total. The molecule has 0 heterocycles. The van der Waals surface area contributed by atoms with E-state index in [0.717, 1.165) is 19.6 Å². The van der Waals surface area contributed by atoms with Gasteiger partial charge in [-0.15, -0.1) is 0 Å². The van der Waals surface area contributed by atoms with Gasteiger partial charge in [-0.25, -0.2) is 0 Å². The van der Waals surface area contributed by atoms with Crippen molar-refractivity contribution in [2.24, 2.45) is 5.92 Å². The molecule has 0 radical (unpaired) electrons. The summed E-state index contributed by atoms with van der Waals surface area (Å²) in [4.78, 5) is 0. The van der Waals surface area contributed by atoms with Crippen LogP contribution in [0, 0.1) is 5.92 Å². The van der Waals surface area contributed by atoms with Crippen LogP contribution in [0.4, 0.5) is 0 Å². The summed E-state index contributed by atoms with van der Waals surface area (Å²) in [6, 6.07) is 9.24. The van der Waals surface area contributed by atoms with Crippen LogP contribution in [0.1, 0.15) is 38.8 Å². The quantitative estimate of drug-likeness (QED) is 0.634. The van der Waals surface area contributed by atoms with E-state index >= 15 is 0 Å². The van der Waals surface area contributed by atoms with Crippen molar-refractivity contribution in [3.8, 4) is 0 Å². The number of ether oxygens (including phenoxy) is 2. The number of rotatable bonds is 11. The first-order chi connectivity index (χ1) is 10.1. The summed E-state index contributed by atoms with van der Waals surface area (Å²) in [6.07, 6.45) is 1.07. The van der Waals surface area contributed by atoms with Crippen LogP contribution in [0.5, 0.6) is 0 Å². The number of hydrogen-bond acceptors (Lipinski definition) is 3. The second-order valence-electron chi connectivity index (χ2n) is 6.20. The summed E-state index contributed by atoms with van der Waals surface area (Å²) < 4.78 is 11.1. The Bertz CT molecular complexity index is 360. The molecular formula is C18H31NO2. The average molecular weight is 293 g/mol. The standard InChI is InChI=1S/C18H31NO2/c1-15(2)13-20-11-12-21-14-18-7-5-17(6-8-18)9-10-19-16(3)4/h5-8,15-16,19H,9-14H2,1-4H3. The highest BCUT2D eigenvalue weighted by atomic mass is 16.5. The third-order valence-electron chi connectivity index (χ3n) is 3.08. The highest BCUT2D eigenvalue weighted by molar-refractivity contribution is 5.22. The Morgan fingerprint density at radius 1 is 0.905 bits per heavy atom. The van der Waals surface area contributed by atoms with E-state index in [2.05, 4.69) is 57.3 Å². The molecular weight excluding hydrogens is 262 g/mol. The van der Waals surface area contributed by atoms with E-state index in [1.54, 1.807) is 0 Å². The van der Waals surface area contributed by atoms with Gasteiger partial charge in [-0.05, 0) is 30.0 Å². The number of benzene rings is 1. The third-order valence-corrected chi connectivity index (χ3v) is 3.08. The molecule has 1 aromatic carbocycles. The van der Waals surface area contributed by atoms with Crippen LogP contribution in [-0.4, -0.2) is 32.4 Å². The number of nitrogens with one attached hydrogen (secondary N) is 1. The zero-order valence-corrected chi connectivity index (χ0v) is 14.0. The zero-order chi connectivity index (χ0) is 15.5. The Morgan fingerprint density at radius 2 is 1.52 bits per heavy atom. The molecule has 0 fully saturated rings. The van der Waals surface area contributed by atoms with E-state index in [9.17, 15) is 0 Å². The Kier molecular flexibility index (Phi) is 9.31. The molecule has 0 aliphatic carbocycles. The highest BCUT2D eigenvalue weighted by Crippen LogP contribution is 2.06. The lowest BCUT2D eigenvalue weighted by Gasteiger charge is -2.09. The van der Waals surface area contributed by atoms with Gasteiger partial charge in [0.2, 0.25) is 0 Å². The molecule has 3 heteroatoms. The summed E-state index contributed by atoms with van der Waals surface area (Å²) in [5, 5.41) is 3.43. The first-order valence-corrected chi connectivity index (χ1v) is 8.04. The van der Waals surface area contributed by atoms with Gasteiger partial charge in [0, 0.05) is 12.6 Å².